The van der Waals surface area contributed by atoms with Gasteiger partial charge in [0.15, 0.2) is 5.78 Å². The van der Waals surface area contributed by atoms with Gasteiger partial charge in [0.05, 0.1) is 0 Å². The van der Waals surface area contributed by atoms with Crippen molar-refractivity contribution in [3.8, 4) is 0 Å². The smallest absolute Gasteiger partial charge is 0.408 e. The molecule has 0 unspecified atom stereocenters. The highest BCUT2D eigenvalue weighted by Gasteiger charge is 2.25. The minimum atomic E-state index is -1.22. The van der Waals surface area contributed by atoms with Gasteiger partial charge in [0.2, 0.25) is 0 Å². The van der Waals surface area contributed by atoms with Crippen LogP contribution in [-0.4, -0.2) is 44.4 Å². The fourth-order valence-corrected chi connectivity index (χ4v) is 1.81. The molecular weight excluding hydrogens is 302 g/mol. The molecule has 23 heavy (non-hydrogen) atoms. The van der Waals surface area contributed by atoms with Crippen LogP contribution >= 0.6 is 0 Å². The van der Waals surface area contributed by atoms with Crippen molar-refractivity contribution in [3.05, 3.63) is 17.5 Å². The molecule has 0 bridgehead atoms. The first-order chi connectivity index (χ1) is 10.5. The van der Waals surface area contributed by atoms with Crippen LogP contribution in [0.3, 0.4) is 0 Å². The van der Waals surface area contributed by atoms with E-state index in [4.69, 9.17) is 9.84 Å². The van der Waals surface area contributed by atoms with Crippen LogP contribution in [0.25, 0.3) is 0 Å². The van der Waals surface area contributed by atoms with Gasteiger partial charge in [-0.15, -0.1) is 0 Å². The predicted molar refractivity (Wildman–Crippen MR) is 82.3 cm³/mol. The lowest BCUT2D eigenvalue weighted by Gasteiger charge is -2.21. The van der Waals surface area contributed by atoms with Gasteiger partial charge in [-0.2, -0.15) is 5.10 Å². The number of amides is 1. The molecule has 0 saturated carbocycles. The molecule has 0 aromatic carbocycles. The minimum absolute atomic E-state index is 0.0385. The Bertz CT molecular complexity index is 581. The van der Waals surface area contributed by atoms with Crippen molar-refractivity contribution in [2.75, 3.05) is 0 Å². The zero-order valence-corrected chi connectivity index (χ0v) is 14.0. The van der Waals surface area contributed by atoms with Crippen molar-refractivity contribution in [1.82, 2.24) is 15.1 Å². The fourth-order valence-electron chi connectivity index (χ4n) is 1.81. The maximum atomic E-state index is 12.0. The number of aliphatic carboxylic acids is 1. The second-order valence-corrected chi connectivity index (χ2v) is 6.29. The molecule has 128 valence electrons. The molecule has 1 amide bonds. The molecular formula is C15H23N3O5. The molecule has 0 spiro atoms. The Morgan fingerprint density at radius 1 is 1.39 bits per heavy atom. The normalized spacial score (nSPS) is 12.6. The zero-order valence-electron chi connectivity index (χ0n) is 14.0. The third-order valence-electron chi connectivity index (χ3n) is 3.05. The first-order valence-corrected chi connectivity index (χ1v) is 7.26. The number of aromatic nitrogens is 2. The summed E-state index contributed by atoms with van der Waals surface area (Å²) >= 11 is 0. The van der Waals surface area contributed by atoms with Gasteiger partial charge in [0.1, 0.15) is 17.3 Å². The molecule has 0 fully saturated rings. The summed E-state index contributed by atoms with van der Waals surface area (Å²) in [4.78, 5) is 34.9. The van der Waals surface area contributed by atoms with Gasteiger partial charge >= 0.3 is 12.1 Å². The summed E-state index contributed by atoms with van der Waals surface area (Å²) in [6.07, 6.45) is -0.905. The summed E-state index contributed by atoms with van der Waals surface area (Å²) in [7, 11) is 1.72. The fraction of sp³-hybridized carbons (Fsp3) is 0.600. The van der Waals surface area contributed by atoms with E-state index >= 15 is 0 Å². The summed E-state index contributed by atoms with van der Waals surface area (Å²) in [5.74, 6) is -1.49. The number of carboxylic acids is 1. The van der Waals surface area contributed by atoms with Crippen molar-refractivity contribution < 1.29 is 24.2 Å². The second kappa shape index (κ2) is 7.26. The van der Waals surface area contributed by atoms with Crippen molar-refractivity contribution >= 4 is 17.8 Å². The molecule has 1 aromatic heterocycles. The van der Waals surface area contributed by atoms with E-state index in [0.717, 1.165) is 5.69 Å². The van der Waals surface area contributed by atoms with Gasteiger partial charge in [-0.25, -0.2) is 9.59 Å². The van der Waals surface area contributed by atoms with Gasteiger partial charge in [-0.05, 0) is 40.2 Å². The van der Waals surface area contributed by atoms with E-state index in [-0.39, 0.29) is 24.3 Å². The number of carbonyl (C=O) groups is 3. The van der Waals surface area contributed by atoms with Crippen LogP contribution in [-0.2, 0) is 16.6 Å². The number of nitrogens with one attached hydrogen (secondary N) is 1. The van der Waals surface area contributed by atoms with Crippen molar-refractivity contribution in [2.45, 2.75) is 52.2 Å². The van der Waals surface area contributed by atoms with Crippen LogP contribution in [0.2, 0.25) is 0 Å². The lowest BCUT2D eigenvalue weighted by molar-refractivity contribution is -0.139. The van der Waals surface area contributed by atoms with Crippen LogP contribution < -0.4 is 5.32 Å². The summed E-state index contributed by atoms with van der Waals surface area (Å²) in [6.45, 7) is 6.84. The van der Waals surface area contributed by atoms with E-state index in [0.29, 0.717) is 0 Å². The highest BCUT2D eigenvalue weighted by Crippen LogP contribution is 2.10. The lowest BCUT2D eigenvalue weighted by atomic mass is 10.1. The number of Topliss-reactive ketones (excluding diaryl/α,β-unsaturated/α-hetero) is 1. The summed E-state index contributed by atoms with van der Waals surface area (Å²) in [5.41, 5.74) is 0.385. The predicted octanol–water partition coefficient (Wildman–Crippen LogP) is 1.67. The second-order valence-electron chi connectivity index (χ2n) is 6.29. The minimum Gasteiger partial charge on any atom is -0.480 e. The number of hydrogen-bond donors (Lipinski definition) is 2. The number of aryl methyl sites for hydroxylation is 2. The number of carbonyl (C=O) groups excluding carboxylic acids is 2. The summed E-state index contributed by atoms with van der Waals surface area (Å²) in [5, 5.41) is 15.5. The molecule has 8 nitrogen and oxygen atoms in total. The van der Waals surface area contributed by atoms with E-state index < -0.39 is 23.7 Å². The SMILES string of the molecule is Cc1cc(C(=O)CC[C@@H](NC(=O)OC(C)(C)C)C(=O)O)nn1C. The Morgan fingerprint density at radius 3 is 2.43 bits per heavy atom. The molecule has 1 rings (SSSR count). The largest absolute Gasteiger partial charge is 0.480 e. The average molecular weight is 325 g/mol. The van der Waals surface area contributed by atoms with E-state index in [1.165, 1.54) is 0 Å². The van der Waals surface area contributed by atoms with E-state index in [2.05, 4.69) is 10.4 Å². The van der Waals surface area contributed by atoms with Crippen LogP contribution in [0.4, 0.5) is 4.79 Å². The molecule has 0 saturated heterocycles. The Labute approximate surface area is 134 Å². The van der Waals surface area contributed by atoms with Crippen molar-refractivity contribution in [1.29, 1.82) is 0 Å². The van der Waals surface area contributed by atoms with Crippen LogP contribution in [0.5, 0.6) is 0 Å². The molecule has 1 heterocycles. The first-order valence-electron chi connectivity index (χ1n) is 7.26. The van der Waals surface area contributed by atoms with Crippen LogP contribution in [0.15, 0.2) is 6.07 Å². The molecule has 0 aliphatic rings. The molecule has 8 heteroatoms. The highest BCUT2D eigenvalue weighted by molar-refractivity contribution is 5.94. The molecule has 1 atom stereocenters. The molecule has 0 aliphatic heterocycles. The first kappa shape index (κ1) is 18.7. The van der Waals surface area contributed by atoms with Crippen LogP contribution in [0, 0.1) is 6.92 Å². The summed E-state index contributed by atoms with van der Waals surface area (Å²) < 4.78 is 6.59. The summed E-state index contributed by atoms with van der Waals surface area (Å²) in [6, 6.07) is 0.443. The molecule has 0 radical (unpaired) electrons. The third-order valence-corrected chi connectivity index (χ3v) is 3.05. The number of nitrogens with zero attached hydrogens (tertiary/aromatic N) is 2. The van der Waals surface area contributed by atoms with Gasteiger partial charge in [0, 0.05) is 19.2 Å². The van der Waals surface area contributed by atoms with E-state index in [1.54, 1.807) is 38.6 Å². The van der Waals surface area contributed by atoms with Gasteiger partial charge in [-0.3, -0.25) is 9.48 Å². The monoisotopic (exact) mass is 325 g/mol. The van der Waals surface area contributed by atoms with E-state index in [9.17, 15) is 14.4 Å². The van der Waals surface area contributed by atoms with Gasteiger partial charge < -0.3 is 15.2 Å². The standard InChI is InChI=1S/C15H23N3O5/c1-9-8-11(17-18(9)5)12(19)7-6-10(13(20)21)16-14(22)23-15(2,3)4/h8,10H,6-7H2,1-5H3,(H,16,22)(H,20,21)/t10-/m1/s1. The topological polar surface area (TPSA) is 111 Å². The van der Waals surface area contributed by atoms with Gasteiger partial charge in [-0.1, -0.05) is 0 Å². The Hall–Kier alpha value is -2.38. The number of carboxylic acid groups (broad SMARTS) is 1. The molecule has 2 N–H and O–H groups in total. The number of rotatable bonds is 6. The number of alkyl carbamates (subject to hydrolysis) is 1. The maximum absolute atomic E-state index is 12.0. The molecule has 1 aromatic rings. The Balaban J connectivity index is 2.61. The number of ether oxygens (including phenoxy) is 1. The third kappa shape index (κ3) is 6.09. The van der Waals surface area contributed by atoms with E-state index in [1.807, 2.05) is 6.92 Å². The van der Waals surface area contributed by atoms with Crippen molar-refractivity contribution in [3.63, 3.8) is 0 Å². The lowest BCUT2D eigenvalue weighted by Crippen LogP contribution is -2.43. The van der Waals surface area contributed by atoms with Crippen LogP contribution in [0.1, 0.15) is 49.8 Å². The highest BCUT2D eigenvalue weighted by atomic mass is 16.6. The Morgan fingerprint density at radius 2 is 2.00 bits per heavy atom. The zero-order chi connectivity index (χ0) is 17.8. The number of hydrogen-bond acceptors (Lipinski definition) is 5. The number of ketones is 1. The molecule has 0 aliphatic carbocycles. The maximum Gasteiger partial charge on any atom is 0.408 e. The quantitative estimate of drug-likeness (QED) is 0.770. The van der Waals surface area contributed by atoms with Gasteiger partial charge in [0.25, 0.3) is 0 Å². The van der Waals surface area contributed by atoms with Crippen molar-refractivity contribution in [2.24, 2.45) is 7.05 Å². The average Bonchev–Trinajstić information content (AvgIpc) is 2.72. The Kier molecular flexibility index (Phi) is 5.89.